The van der Waals surface area contributed by atoms with Gasteiger partial charge in [-0.3, -0.25) is 0 Å². The van der Waals surface area contributed by atoms with E-state index in [1.54, 1.807) is 12.1 Å². The van der Waals surface area contributed by atoms with Crippen molar-refractivity contribution in [3.05, 3.63) is 65.5 Å². The zero-order chi connectivity index (χ0) is 15.8. The third-order valence-electron chi connectivity index (χ3n) is 3.49. The molecule has 0 saturated heterocycles. The third kappa shape index (κ3) is 5.49. The van der Waals surface area contributed by atoms with Gasteiger partial charge in [-0.05, 0) is 42.6 Å². The summed E-state index contributed by atoms with van der Waals surface area (Å²) in [5.74, 6) is 1.36. The van der Waals surface area contributed by atoms with Crippen molar-refractivity contribution in [1.29, 1.82) is 0 Å². The van der Waals surface area contributed by atoms with Crippen LogP contribution in [0.4, 0.5) is 4.39 Å². The van der Waals surface area contributed by atoms with Crippen LogP contribution >= 0.6 is 0 Å². The molecule has 0 aliphatic rings. The average molecular weight is 301 g/mol. The molecule has 0 bridgehead atoms. The minimum absolute atomic E-state index is 0.224. The minimum atomic E-state index is -0.224. The molecular formula is C19H24FNO. The predicted molar refractivity (Wildman–Crippen MR) is 88.3 cm³/mol. The Morgan fingerprint density at radius 3 is 2.50 bits per heavy atom. The topological polar surface area (TPSA) is 21.3 Å². The molecule has 2 nitrogen and oxygen atoms in total. The van der Waals surface area contributed by atoms with E-state index in [1.165, 1.54) is 18.6 Å². The van der Waals surface area contributed by atoms with Crippen molar-refractivity contribution in [2.24, 2.45) is 5.92 Å². The van der Waals surface area contributed by atoms with Gasteiger partial charge in [-0.25, -0.2) is 4.39 Å². The fourth-order valence-electron chi connectivity index (χ4n) is 2.15. The Bertz CT molecular complexity index is 566. The first kappa shape index (κ1) is 16.5. The fraction of sp³-hybridized carbons (Fsp3) is 0.368. The third-order valence-corrected chi connectivity index (χ3v) is 3.49. The number of benzene rings is 2. The van der Waals surface area contributed by atoms with E-state index in [0.717, 1.165) is 30.0 Å². The highest BCUT2D eigenvalue weighted by atomic mass is 19.1. The molecule has 0 atom stereocenters. The SMILES string of the molecule is CC(C)CCNCc1ccccc1OCc1ccc(F)cc1. The Morgan fingerprint density at radius 2 is 1.77 bits per heavy atom. The van der Waals surface area contributed by atoms with E-state index in [2.05, 4.69) is 25.2 Å². The molecule has 0 unspecified atom stereocenters. The van der Waals surface area contributed by atoms with Crippen LogP contribution in [0.1, 0.15) is 31.4 Å². The summed E-state index contributed by atoms with van der Waals surface area (Å²) in [6.07, 6.45) is 1.17. The zero-order valence-electron chi connectivity index (χ0n) is 13.3. The van der Waals surface area contributed by atoms with Crippen LogP contribution in [-0.4, -0.2) is 6.54 Å². The van der Waals surface area contributed by atoms with Crippen LogP contribution in [0.25, 0.3) is 0 Å². The number of ether oxygens (including phenoxy) is 1. The molecule has 0 spiro atoms. The molecular weight excluding hydrogens is 277 g/mol. The number of nitrogens with one attached hydrogen (secondary N) is 1. The van der Waals surface area contributed by atoms with Crippen LogP contribution in [0.15, 0.2) is 48.5 Å². The molecule has 2 rings (SSSR count). The lowest BCUT2D eigenvalue weighted by molar-refractivity contribution is 0.302. The molecule has 0 aromatic heterocycles. The highest BCUT2D eigenvalue weighted by Crippen LogP contribution is 2.19. The van der Waals surface area contributed by atoms with Gasteiger partial charge in [-0.1, -0.05) is 44.2 Å². The summed E-state index contributed by atoms with van der Waals surface area (Å²) in [4.78, 5) is 0. The largest absolute Gasteiger partial charge is 0.489 e. The van der Waals surface area contributed by atoms with Crippen molar-refractivity contribution in [3.8, 4) is 5.75 Å². The Kier molecular flexibility index (Phi) is 6.41. The Morgan fingerprint density at radius 1 is 1.05 bits per heavy atom. The van der Waals surface area contributed by atoms with Crippen molar-refractivity contribution >= 4 is 0 Å². The van der Waals surface area contributed by atoms with E-state index in [-0.39, 0.29) is 5.82 Å². The van der Waals surface area contributed by atoms with Crippen LogP contribution in [0.5, 0.6) is 5.75 Å². The molecule has 22 heavy (non-hydrogen) atoms. The molecule has 0 aliphatic heterocycles. The number of halogens is 1. The molecule has 1 N–H and O–H groups in total. The standard InChI is InChI=1S/C19H24FNO/c1-15(2)11-12-21-13-17-5-3-4-6-19(17)22-14-16-7-9-18(20)10-8-16/h3-10,15,21H,11-14H2,1-2H3. The lowest BCUT2D eigenvalue weighted by atomic mass is 10.1. The summed E-state index contributed by atoms with van der Waals surface area (Å²) >= 11 is 0. The quantitative estimate of drug-likeness (QED) is 0.723. The Hall–Kier alpha value is -1.87. The van der Waals surface area contributed by atoms with Crippen molar-refractivity contribution in [2.75, 3.05) is 6.54 Å². The average Bonchev–Trinajstić information content (AvgIpc) is 2.52. The lowest BCUT2D eigenvalue weighted by Gasteiger charge is -2.13. The molecule has 118 valence electrons. The molecule has 0 heterocycles. The van der Waals surface area contributed by atoms with Gasteiger partial charge in [0.2, 0.25) is 0 Å². The summed E-state index contributed by atoms with van der Waals surface area (Å²) in [5, 5.41) is 3.45. The molecule has 0 saturated carbocycles. The van der Waals surface area contributed by atoms with Crippen molar-refractivity contribution in [2.45, 2.75) is 33.4 Å². The second-order valence-electron chi connectivity index (χ2n) is 5.88. The number of para-hydroxylation sites is 1. The van der Waals surface area contributed by atoms with Crippen LogP contribution in [0, 0.1) is 11.7 Å². The maximum Gasteiger partial charge on any atom is 0.124 e. The summed E-state index contributed by atoms with van der Waals surface area (Å²) in [6.45, 7) is 6.70. The van der Waals surface area contributed by atoms with Crippen LogP contribution in [0.2, 0.25) is 0 Å². The van der Waals surface area contributed by atoms with Gasteiger partial charge < -0.3 is 10.1 Å². The van der Waals surface area contributed by atoms with Crippen molar-refractivity contribution in [3.63, 3.8) is 0 Å². The molecule has 2 aromatic rings. The summed E-state index contributed by atoms with van der Waals surface area (Å²) in [6, 6.07) is 14.4. The maximum absolute atomic E-state index is 12.9. The van der Waals surface area contributed by atoms with E-state index < -0.39 is 0 Å². The summed E-state index contributed by atoms with van der Waals surface area (Å²) in [7, 11) is 0. The monoisotopic (exact) mass is 301 g/mol. The normalized spacial score (nSPS) is 10.9. The van der Waals surface area contributed by atoms with E-state index in [4.69, 9.17) is 4.74 Å². The van der Waals surface area contributed by atoms with Crippen LogP contribution in [-0.2, 0) is 13.2 Å². The van der Waals surface area contributed by atoms with Gasteiger partial charge in [-0.2, -0.15) is 0 Å². The molecule has 2 aromatic carbocycles. The van der Waals surface area contributed by atoms with E-state index in [9.17, 15) is 4.39 Å². The Balaban J connectivity index is 1.89. The second kappa shape index (κ2) is 8.54. The van der Waals surface area contributed by atoms with Gasteiger partial charge >= 0.3 is 0 Å². The van der Waals surface area contributed by atoms with Gasteiger partial charge in [0, 0.05) is 12.1 Å². The second-order valence-corrected chi connectivity index (χ2v) is 5.88. The van der Waals surface area contributed by atoms with E-state index in [0.29, 0.717) is 12.5 Å². The maximum atomic E-state index is 12.9. The first-order chi connectivity index (χ1) is 10.6. The van der Waals surface area contributed by atoms with Gasteiger partial charge in [0.05, 0.1) is 0 Å². The van der Waals surface area contributed by atoms with E-state index in [1.807, 2.05) is 18.2 Å². The Labute approximate surface area is 132 Å². The van der Waals surface area contributed by atoms with Crippen LogP contribution in [0.3, 0.4) is 0 Å². The smallest absolute Gasteiger partial charge is 0.124 e. The molecule has 3 heteroatoms. The van der Waals surface area contributed by atoms with Gasteiger partial charge in [0.15, 0.2) is 0 Å². The number of hydrogen-bond acceptors (Lipinski definition) is 2. The highest BCUT2D eigenvalue weighted by Gasteiger charge is 2.04. The first-order valence-electron chi connectivity index (χ1n) is 7.81. The summed E-state index contributed by atoms with van der Waals surface area (Å²) in [5.41, 5.74) is 2.11. The zero-order valence-corrected chi connectivity index (χ0v) is 13.3. The fourth-order valence-corrected chi connectivity index (χ4v) is 2.15. The van der Waals surface area contributed by atoms with Crippen LogP contribution < -0.4 is 10.1 Å². The van der Waals surface area contributed by atoms with Gasteiger partial charge in [0.1, 0.15) is 18.2 Å². The number of hydrogen-bond donors (Lipinski definition) is 1. The predicted octanol–water partition coefficient (Wildman–Crippen LogP) is 4.54. The first-order valence-corrected chi connectivity index (χ1v) is 7.81. The molecule has 0 radical (unpaired) electrons. The highest BCUT2D eigenvalue weighted by molar-refractivity contribution is 5.33. The molecule has 0 fully saturated rings. The van der Waals surface area contributed by atoms with Gasteiger partial charge in [0.25, 0.3) is 0 Å². The van der Waals surface area contributed by atoms with Gasteiger partial charge in [-0.15, -0.1) is 0 Å². The minimum Gasteiger partial charge on any atom is -0.489 e. The molecule has 0 aliphatic carbocycles. The van der Waals surface area contributed by atoms with E-state index >= 15 is 0 Å². The molecule has 0 amide bonds. The van der Waals surface area contributed by atoms with Crippen molar-refractivity contribution in [1.82, 2.24) is 5.32 Å². The summed E-state index contributed by atoms with van der Waals surface area (Å²) < 4.78 is 18.8. The van der Waals surface area contributed by atoms with Crippen molar-refractivity contribution < 1.29 is 9.13 Å². The lowest BCUT2D eigenvalue weighted by Crippen LogP contribution is -2.16. The number of rotatable bonds is 8.